The van der Waals surface area contributed by atoms with E-state index in [1.54, 1.807) is 18.2 Å². The molecule has 0 atom stereocenters. The van der Waals surface area contributed by atoms with Crippen molar-refractivity contribution in [2.45, 2.75) is 4.90 Å². The van der Waals surface area contributed by atoms with E-state index < -0.39 is 15.1 Å². The van der Waals surface area contributed by atoms with Crippen molar-refractivity contribution in [1.82, 2.24) is 4.98 Å². The molecule has 0 fully saturated rings. The summed E-state index contributed by atoms with van der Waals surface area (Å²) >= 11 is 5.63. The molecule has 0 amide bonds. The fourth-order valence-electron chi connectivity index (χ4n) is 1.33. The highest BCUT2D eigenvalue weighted by atomic mass is 35.5. The summed E-state index contributed by atoms with van der Waals surface area (Å²) < 4.78 is 34.7. The van der Waals surface area contributed by atoms with E-state index in [0.29, 0.717) is 5.39 Å². The third kappa shape index (κ3) is 1.80. The molecule has 0 unspecified atom stereocenters. The molecule has 0 aliphatic rings. The molecule has 1 aromatic heterocycles. The lowest BCUT2D eigenvalue weighted by Gasteiger charge is -2.03. The van der Waals surface area contributed by atoms with Crippen molar-refractivity contribution >= 4 is 32.7 Å². The van der Waals surface area contributed by atoms with Gasteiger partial charge in [-0.3, -0.25) is 4.98 Å². The van der Waals surface area contributed by atoms with Crippen LogP contribution in [0.5, 0.6) is 0 Å². The minimum atomic E-state index is -4.85. The van der Waals surface area contributed by atoms with Crippen LogP contribution in [0.15, 0.2) is 35.4 Å². The summed E-state index contributed by atoms with van der Waals surface area (Å²) in [5.41, 5.74) is 0.0486. The van der Waals surface area contributed by atoms with E-state index in [0.717, 1.165) is 0 Å². The fourth-order valence-corrected chi connectivity index (χ4v) is 2.46. The minimum Gasteiger partial charge on any atom is -0.255 e. The summed E-state index contributed by atoms with van der Waals surface area (Å²) in [6.45, 7) is 0. The van der Waals surface area contributed by atoms with Gasteiger partial charge >= 0.3 is 10.2 Å². The third-order valence-electron chi connectivity index (χ3n) is 1.92. The number of halogens is 2. The Morgan fingerprint density at radius 2 is 2.00 bits per heavy atom. The number of benzene rings is 1. The first-order valence-corrected chi connectivity index (χ1v) is 5.74. The lowest BCUT2D eigenvalue weighted by Crippen LogP contribution is -1.96. The molecule has 3 nitrogen and oxygen atoms in total. The maximum Gasteiger partial charge on any atom is 0.335 e. The van der Waals surface area contributed by atoms with E-state index in [1.165, 1.54) is 12.3 Å². The van der Waals surface area contributed by atoms with Gasteiger partial charge in [-0.25, -0.2) is 0 Å². The second-order valence-electron chi connectivity index (χ2n) is 2.89. The normalized spacial score (nSPS) is 11.9. The molecule has 78 valence electrons. The van der Waals surface area contributed by atoms with Crippen LogP contribution < -0.4 is 0 Å². The van der Waals surface area contributed by atoms with Gasteiger partial charge in [0, 0.05) is 11.6 Å². The van der Waals surface area contributed by atoms with Crippen molar-refractivity contribution in [3.05, 3.63) is 35.5 Å². The van der Waals surface area contributed by atoms with Gasteiger partial charge in [-0.2, -0.15) is 8.42 Å². The molecule has 6 heteroatoms. The Bertz CT molecular complexity index is 627. The van der Waals surface area contributed by atoms with E-state index in [-0.39, 0.29) is 10.5 Å². The van der Waals surface area contributed by atoms with Gasteiger partial charge in [-0.05, 0) is 12.1 Å². The zero-order valence-electron chi connectivity index (χ0n) is 7.31. The Labute approximate surface area is 90.7 Å². The van der Waals surface area contributed by atoms with Gasteiger partial charge < -0.3 is 0 Å². The summed E-state index contributed by atoms with van der Waals surface area (Å²) in [5, 5.41) is 0.363. The molecule has 0 aliphatic heterocycles. The van der Waals surface area contributed by atoms with Crippen LogP contribution in [-0.4, -0.2) is 13.4 Å². The predicted molar refractivity (Wildman–Crippen MR) is 55.0 cm³/mol. The zero-order chi connectivity index (χ0) is 11.1. The maximum atomic E-state index is 13.0. The second kappa shape index (κ2) is 3.43. The van der Waals surface area contributed by atoms with Crippen LogP contribution in [0.3, 0.4) is 0 Å². The first-order chi connectivity index (χ1) is 7.00. The van der Waals surface area contributed by atoms with Gasteiger partial charge in [0.25, 0.3) is 0 Å². The highest BCUT2D eigenvalue weighted by Crippen LogP contribution is 2.29. The number of hydrogen-bond donors (Lipinski definition) is 0. The van der Waals surface area contributed by atoms with Crippen LogP contribution >= 0.6 is 11.6 Å². The molecule has 0 spiro atoms. The Balaban J connectivity index is 2.99. The van der Waals surface area contributed by atoms with E-state index in [2.05, 4.69) is 4.98 Å². The Morgan fingerprint density at radius 3 is 2.67 bits per heavy atom. The molecule has 2 aromatic rings. The summed E-state index contributed by atoms with van der Waals surface area (Å²) in [6.07, 6.45) is 1.38. The van der Waals surface area contributed by atoms with E-state index in [4.69, 9.17) is 11.6 Å². The monoisotopic (exact) mass is 245 g/mol. The Morgan fingerprint density at radius 1 is 1.27 bits per heavy atom. The summed E-state index contributed by atoms with van der Waals surface area (Å²) in [6, 6.07) is 6.18. The lowest BCUT2D eigenvalue weighted by molar-refractivity contribution is 0.553. The van der Waals surface area contributed by atoms with Gasteiger partial charge in [-0.1, -0.05) is 23.7 Å². The Kier molecular flexibility index (Phi) is 2.36. The number of pyridine rings is 1. The summed E-state index contributed by atoms with van der Waals surface area (Å²) in [4.78, 5) is 3.24. The average molecular weight is 246 g/mol. The van der Waals surface area contributed by atoms with E-state index >= 15 is 0 Å². The molecular weight excluding hydrogens is 241 g/mol. The number of nitrogens with zero attached hydrogens (tertiary/aromatic N) is 1. The average Bonchev–Trinajstić information content (AvgIpc) is 2.15. The lowest BCUT2D eigenvalue weighted by atomic mass is 10.2. The first-order valence-electron chi connectivity index (χ1n) is 3.98. The molecule has 0 saturated carbocycles. The zero-order valence-corrected chi connectivity index (χ0v) is 8.89. The molecule has 0 aliphatic carbocycles. The SMILES string of the molecule is O=S(=O)(F)c1c(Cl)ccc2cccnc12. The smallest absolute Gasteiger partial charge is 0.255 e. The molecule has 0 bridgehead atoms. The van der Waals surface area contributed by atoms with Crippen molar-refractivity contribution in [2.24, 2.45) is 0 Å². The van der Waals surface area contributed by atoms with E-state index in [9.17, 15) is 12.3 Å². The maximum absolute atomic E-state index is 13.0. The predicted octanol–water partition coefficient (Wildman–Crippen LogP) is 2.55. The van der Waals surface area contributed by atoms with Crippen molar-refractivity contribution in [1.29, 1.82) is 0 Å². The van der Waals surface area contributed by atoms with Crippen LogP contribution in [0.4, 0.5) is 3.89 Å². The van der Waals surface area contributed by atoms with Gasteiger partial charge in [0.1, 0.15) is 4.90 Å². The second-order valence-corrected chi connectivity index (χ2v) is 4.58. The topological polar surface area (TPSA) is 47.0 Å². The fraction of sp³-hybridized carbons (Fsp3) is 0. The first kappa shape index (κ1) is 10.3. The van der Waals surface area contributed by atoms with Crippen LogP contribution in [0.1, 0.15) is 0 Å². The van der Waals surface area contributed by atoms with Crippen LogP contribution in [0.25, 0.3) is 10.9 Å². The van der Waals surface area contributed by atoms with Crippen LogP contribution in [0, 0.1) is 0 Å². The Hall–Kier alpha value is -1.20. The molecule has 0 N–H and O–H groups in total. The number of fused-ring (bicyclic) bond motifs is 1. The van der Waals surface area contributed by atoms with E-state index in [1.807, 2.05) is 0 Å². The van der Waals surface area contributed by atoms with Crippen molar-refractivity contribution < 1.29 is 12.3 Å². The third-order valence-corrected chi connectivity index (χ3v) is 3.25. The minimum absolute atomic E-state index is 0.0486. The molecule has 1 aromatic carbocycles. The number of rotatable bonds is 1. The molecule has 2 rings (SSSR count). The molecular formula is C9H5ClFNO2S. The van der Waals surface area contributed by atoms with Gasteiger partial charge in [-0.15, -0.1) is 3.89 Å². The van der Waals surface area contributed by atoms with Crippen molar-refractivity contribution in [3.8, 4) is 0 Å². The molecule has 0 radical (unpaired) electrons. The highest BCUT2D eigenvalue weighted by molar-refractivity contribution is 7.86. The number of hydrogen-bond acceptors (Lipinski definition) is 3. The quantitative estimate of drug-likeness (QED) is 0.726. The largest absolute Gasteiger partial charge is 0.335 e. The van der Waals surface area contributed by atoms with Crippen LogP contribution in [-0.2, 0) is 10.2 Å². The van der Waals surface area contributed by atoms with Crippen molar-refractivity contribution in [2.75, 3.05) is 0 Å². The van der Waals surface area contributed by atoms with Gasteiger partial charge in [0.05, 0.1) is 10.5 Å². The molecule has 1 heterocycles. The van der Waals surface area contributed by atoms with Crippen molar-refractivity contribution in [3.63, 3.8) is 0 Å². The summed E-state index contributed by atoms with van der Waals surface area (Å²) in [5.74, 6) is 0. The number of aromatic nitrogens is 1. The van der Waals surface area contributed by atoms with Gasteiger partial charge in [0.2, 0.25) is 0 Å². The highest BCUT2D eigenvalue weighted by Gasteiger charge is 2.20. The molecule has 15 heavy (non-hydrogen) atoms. The summed E-state index contributed by atoms with van der Waals surface area (Å²) in [7, 11) is -4.85. The van der Waals surface area contributed by atoms with Crippen LogP contribution in [0.2, 0.25) is 5.02 Å². The standard InChI is InChI=1S/C9H5ClFNO2S/c10-7-4-3-6-2-1-5-12-8(6)9(7)15(11,13)14/h1-5H. The van der Waals surface area contributed by atoms with Gasteiger partial charge in [0.15, 0.2) is 0 Å². The molecule has 0 saturated heterocycles.